The zero-order valence-electron chi connectivity index (χ0n) is 8.89. The van der Waals surface area contributed by atoms with Crippen molar-refractivity contribution in [3.63, 3.8) is 0 Å². The van der Waals surface area contributed by atoms with Crippen LogP contribution < -0.4 is 10.6 Å². The van der Waals surface area contributed by atoms with Crippen molar-refractivity contribution in [1.82, 2.24) is 10.6 Å². The van der Waals surface area contributed by atoms with Gasteiger partial charge in [-0.25, -0.2) is 0 Å². The van der Waals surface area contributed by atoms with E-state index < -0.39 is 0 Å². The molecular weight excluding hydrogens is 168 g/mol. The molecule has 0 aromatic carbocycles. The van der Waals surface area contributed by atoms with E-state index in [4.69, 9.17) is 4.74 Å². The van der Waals surface area contributed by atoms with Gasteiger partial charge in [0.2, 0.25) is 5.91 Å². The molecule has 0 rings (SSSR count). The second-order valence-electron chi connectivity index (χ2n) is 3.40. The van der Waals surface area contributed by atoms with Crippen LogP contribution in [0.15, 0.2) is 0 Å². The Morgan fingerprint density at radius 1 is 1.38 bits per heavy atom. The molecule has 4 heteroatoms. The molecule has 0 radical (unpaired) electrons. The predicted molar refractivity (Wildman–Crippen MR) is 52.6 cm³/mol. The summed E-state index contributed by atoms with van der Waals surface area (Å²) in [6.45, 7) is 6.68. The molecule has 0 saturated heterocycles. The summed E-state index contributed by atoms with van der Waals surface area (Å²) >= 11 is 0. The van der Waals surface area contributed by atoms with Crippen molar-refractivity contribution in [3.05, 3.63) is 0 Å². The molecule has 1 amide bonds. The van der Waals surface area contributed by atoms with Gasteiger partial charge >= 0.3 is 0 Å². The monoisotopic (exact) mass is 188 g/mol. The number of hydrogen-bond donors (Lipinski definition) is 2. The summed E-state index contributed by atoms with van der Waals surface area (Å²) in [5, 5.41) is 5.73. The smallest absolute Gasteiger partial charge is 0.246 e. The fourth-order valence-electron chi connectivity index (χ4n) is 0.928. The molecule has 2 N–H and O–H groups in total. The van der Waals surface area contributed by atoms with Gasteiger partial charge in [-0.05, 0) is 27.8 Å². The van der Waals surface area contributed by atoms with Crippen molar-refractivity contribution in [3.8, 4) is 0 Å². The van der Waals surface area contributed by atoms with E-state index in [-0.39, 0.29) is 24.7 Å². The summed E-state index contributed by atoms with van der Waals surface area (Å²) in [4.78, 5) is 11.1. The van der Waals surface area contributed by atoms with Crippen molar-refractivity contribution >= 4 is 5.91 Å². The molecule has 0 saturated carbocycles. The molecule has 0 aliphatic rings. The third-order valence-electron chi connectivity index (χ3n) is 1.44. The number of carbonyl (C=O) groups is 1. The molecule has 0 heterocycles. The lowest BCUT2D eigenvalue weighted by Gasteiger charge is -2.13. The molecule has 0 aromatic rings. The normalized spacial score (nSPS) is 13.0. The van der Waals surface area contributed by atoms with E-state index in [1.165, 1.54) is 0 Å². The molecule has 1 atom stereocenters. The first kappa shape index (κ1) is 12.4. The minimum absolute atomic E-state index is 0.0575. The molecule has 78 valence electrons. The molecule has 13 heavy (non-hydrogen) atoms. The van der Waals surface area contributed by atoms with Crippen LogP contribution in [0.25, 0.3) is 0 Å². The van der Waals surface area contributed by atoms with Crippen LogP contribution in [0.2, 0.25) is 0 Å². The maximum atomic E-state index is 11.1. The highest BCUT2D eigenvalue weighted by Gasteiger charge is 2.06. The summed E-state index contributed by atoms with van der Waals surface area (Å²) in [7, 11) is 1.86. The molecule has 0 fully saturated rings. The lowest BCUT2D eigenvalue weighted by atomic mass is 10.4. The van der Waals surface area contributed by atoms with Gasteiger partial charge in [-0.15, -0.1) is 0 Å². The van der Waals surface area contributed by atoms with Crippen LogP contribution in [0.3, 0.4) is 0 Å². The van der Waals surface area contributed by atoms with E-state index in [2.05, 4.69) is 10.6 Å². The molecule has 1 unspecified atom stereocenters. The summed E-state index contributed by atoms with van der Waals surface area (Å²) in [5.74, 6) is -0.0575. The standard InChI is InChI=1S/C9H20N2O2/c1-7(2)11-9(12)6-13-8(3)5-10-4/h7-8,10H,5-6H2,1-4H3,(H,11,12). The first-order chi connectivity index (χ1) is 6.06. The maximum absolute atomic E-state index is 11.1. The van der Waals surface area contributed by atoms with Gasteiger partial charge in [0.25, 0.3) is 0 Å². The zero-order valence-corrected chi connectivity index (χ0v) is 8.89. The topological polar surface area (TPSA) is 50.4 Å². The molecule has 0 spiro atoms. The van der Waals surface area contributed by atoms with Gasteiger partial charge in [-0.3, -0.25) is 4.79 Å². The van der Waals surface area contributed by atoms with Gasteiger partial charge in [0, 0.05) is 12.6 Å². The van der Waals surface area contributed by atoms with E-state index in [0.29, 0.717) is 0 Å². The number of hydrogen-bond acceptors (Lipinski definition) is 3. The Bertz CT molecular complexity index is 149. The summed E-state index contributed by atoms with van der Waals surface area (Å²) in [6.07, 6.45) is 0.0721. The van der Waals surface area contributed by atoms with Crippen molar-refractivity contribution < 1.29 is 9.53 Å². The Balaban J connectivity index is 3.46. The third-order valence-corrected chi connectivity index (χ3v) is 1.44. The Morgan fingerprint density at radius 3 is 2.46 bits per heavy atom. The third kappa shape index (κ3) is 7.74. The molecule has 0 aromatic heterocycles. The highest BCUT2D eigenvalue weighted by Crippen LogP contribution is 1.88. The number of rotatable bonds is 6. The van der Waals surface area contributed by atoms with Gasteiger partial charge in [-0.2, -0.15) is 0 Å². The Hall–Kier alpha value is -0.610. The van der Waals surface area contributed by atoms with Gasteiger partial charge in [-0.1, -0.05) is 0 Å². The SMILES string of the molecule is CNCC(C)OCC(=O)NC(C)C. The number of nitrogens with one attached hydrogen (secondary N) is 2. The van der Waals surface area contributed by atoms with Gasteiger partial charge in [0.15, 0.2) is 0 Å². The number of carbonyl (C=O) groups excluding carboxylic acids is 1. The minimum atomic E-state index is -0.0575. The Kier molecular flexibility index (Phi) is 6.54. The van der Waals surface area contributed by atoms with Crippen molar-refractivity contribution in [2.45, 2.75) is 32.9 Å². The second kappa shape index (κ2) is 6.86. The fourth-order valence-corrected chi connectivity index (χ4v) is 0.928. The Labute approximate surface area is 80.0 Å². The van der Waals surface area contributed by atoms with E-state index in [0.717, 1.165) is 6.54 Å². The average Bonchev–Trinajstić information content (AvgIpc) is 2.00. The van der Waals surface area contributed by atoms with Crippen LogP contribution in [-0.4, -0.2) is 38.3 Å². The summed E-state index contributed by atoms with van der Waals surface area (Å²) in [5.41, 5.74) is 0. The van der Waals surface area contributed by atoms with Crippen LogP contribution >= 0.6 is 0 Å². The van der Waals surface area contributed by atoms with Crippen LogP contribution in [0.5, 0.6) is 0 Å². The Morgan fingerprint density at radius 2 is 2.00 bits per heavy atom. The first-order valence-corrected chi connectivity index (χ1v) is 4.61. The van der Waals surface area contributed by atoms with E-state index in [9.17, 15) is 4.79 Å². The van der Waals surface area contributed by atoms with Gasteiger partial charge in [0.05, 0.1) is 6.10 Å². The zero-order chi connectivity index (χ0) is 10.3. The lowest BCUT2D eigenvalue weighted by Crippen LogP contribution is -2.35. The van der Waals surface area contributed by atoms with E-state index in [1.54, 1.807) is 0 Å². The molecule has 0 aliphatic carbocycles. The van der Waals surface area contributed by atoms with Crippen LogP contribution in [0.1, 0.15) is 20.8 Å². The highest BCUT2D eigenvalue weighted by molar-refractivity contribution is 5.77. The number of ether oxygens (including phenoxy) is 1. The second-order valence-corrected chi connectivity index (χ2v) is 3.40. The molecule has 0 bridgehead atoms. The predicted octanol–water partition coefficient (Wildman–Crippen LogP) is 0.136. The van der Waals surface area contributed by atoms with Crippen LogP contribution in [0, 0.1) is 0 Å². The van der Waals surface area contributed by atoms with Crippen LogP contribution in [0.4, 0.5) is 0 Å². The largest absolute Gasteiger partial charge is 0.367 e. The highest BCUT2D eigenvalue weighted by atomic mass is 16.5. The summed E-state index contributed by atoms with van der Waals surface area (Å²) < 4.78 is 5.27. The maximum Gasteiger partial charge on any atom is 0.246 e. The van der Waals surface area contributed by atoms with Crippen molar-refractivity contribution in [1.29, 1.82) is 0 Å². The lowest BCUT2D eigenvalue weighted by molar-refractivity contribution is -0.127. The fraction of sp³-hybridized carbons (Fsp3) is 0.889. The average molecular weight is 188 g/mol. The molecule has 4 nitrogen and oxygen atoms in total. The van der Waals surface area contributed by atoms with Gasteiger partial charge < -0.3 is 15.4 Å². The van der Waals surface area contributed by atoms with Crippen molar-refractivity contribution in [2.24, 2.45) is 0 Å². The van der Waals surface area contributed by atoms with Crippen LogP contribution in [-0.2, 0) is 9.53 Å². The first-order valence-electron chi connectivity index (χ1n) is 4.61. The molecular formula is C9H20N2O2. The van der Waals surface area contributed by atoms with E-state index in [1.807, 2.05) is 27.8 Å². The number of amides is 1. The summed E-state index contributed by atoms with van der Waals surface area (Å²) in [6, 6.07) is 0.177. The molecule has 0 aliphatic heterocycles. The van der Waals surface area contributed by atoms with E-state index >= 15 is 0 Å². The van der Waals surface area contributed by atoms with Gasteiger partial charge in [0.1, 0.15) is 6.61 Å². The number of likely N-dealkylation sites (N-methyl/N-ethyl adjacent to an activating group) is 1. The minimum Gasteiger partial charge on any atom is -0.367 e. The van der Waals surface area contributed by atoms with Crippen molar-refractivity contribution in [2.75, 3.05) is 20.2 Å². The quantitative estimate of drug-likeness (QED) is 0.623.